The lowest BCUT2D eigenvalue weighted by Crippen LogP contribution is -2.13. The molecule has 0 spiro atoms. The third-order valence-electron chi connectivity index (χ3n) is 4.09. The molecule has 0 aliphatic heterocycles. The van der Waals surface area contributed by atoms with E-state index in [9.17, 15) is 4.79 Å². The van der Waals surface area contributed by atoms with Gasteiger partial charge in [-0.1, -0.05) is 24.3 Å². The number of nitrogens with one attached hydrogen (secondary N) is 1. The number of rotatable bonds is 8. The van der Waals surface area contributed by atoms with Gasteiger partial charge >= 0.3 is 0 Å². The lowest BCUT2D eigenvalue weighted by Gasteiger charge is -2.14. The van der Waals surface area contributed by atoms with Gasteiger partial charge < -0.3 is 19.5 Å². The van der Waals surface area contributed by atoms with Crippen molar-refractivity contribution in [2.45, 2.75) is 13.5 Å². The van der Waals surface area contributed by atoms with E-state index < -0.39 is 0 Å². The van der Waals surface area contributed by atoms with Crippen LogP contribution in [0.5, 0.6) is 17.2 Å². The highest BCUT2D eigenvalue weighted by Gasteiger charge is 2.12. The van der Waals surface area contributed by atoms with E-state index in [4.69, 9.17) is 14.2 Å². The molecule has 0 bridgehead atoms. The van der Waals surface area contributed by atoms with Crippen molar-refractivity contribution in [2.24, 2.45) is 0 Å². The fraction of sp³-hybridized carbons (Fsp3) is 0.174. The predicted molar refractivity (Wildman–Crippen MR) is 109 cm³/mol. The van der Waals surface area contributed by atoms with Crippen LogP contribution in [0.4, 0.5) is 5.69 Å². The highest BCUT2D eigenvalue weighted by molar-refractivity contribution is 6.04. The van der Waals surface area contributed by atoms with Crippen molar-refractivity contribution in [2.75, 3.05) is 19.0 Å². The number of anilines is 1. The van der Waals surface area contributed by atoms with Gasteiger partial charge in [-0.15, -0.1) is 0 Å². The fourth-order valence-corrected chi connectivity index (χ4v) is 2.71. The van der Waals surface area contributed by atoms with Crippen molar-refractivity contribution >= 4 is 11.6 Å². The molecule has 0 heterocycles. The lowest BCUT2D eigenvalue weighted by atomic mass is 10.1. The first-order chi connectivity index (χ1) is 13.7. The monoisotopic (exact) mass is 377 g/mol. The summed E-state index contributed by atoms with van der Waals surface area (Å²) in [6.07, 6.45) is 0. The molecule has 28 heavy (non-hydrogen) atoms. The van der Waals surface area contributed by atoms with E-state index in [1.54, 1.807) is 31.4 Å². The summed E-state index contributed by atoms with van der Waals surface area (Å²) in [6, 6.07) is 22.1. The van der Waals surface area contributed by atoms with Crippen LogP contribution in [0, 0.1) is 0 Å². The average Bonchev–Trinajstić information content (AvgIpc) is 2.74. The molecule has 0 saturated carbocycles. The Hall–Kier alpha value is -3.47. The van der Waals surface area contributed by atoms with Crippen molar-refractivity contribution in [3.8, 4) is 17.2 Å². The van der Waals surface area contributed by atoms with Crippen molar-refractivity contribution in [1.82, 2.24) is 0 Å². The fourth-order valence-electron chi connectivity index (χ4n) is 2.71. The summed E-state index contributed by atoms with van der Waals surface area (Å²) in [6.45, 7) is 2.76. The van der Waals surface area contributed by atoms with Gasteiger partial charge in [0.1, 0.15) is 23.9 Å². The van der Waals surface area contributed by atoms with E-state index >= 15 is 0 Å². The Balaban J connectivity index is 1.77. The molecule has 0 fully saturated rings. The molecule has 0 aliphatic carbocycles. The minimum atomic E-state index is -0.211. The Bertz CT molecular complexity index is 925. The summed E-state index contributed by atoms with van der Waals surface area (Å²) in [5, 5.41) is 2.88. The maximum Gasteiger partial charge on any atom is 0.255 e. The topological polar surface area (TPSA) is 56.8 Å². The molecule has 0 aromatic heterocycles. The summed E-state index contributed by atoms with van der Waals surface area (Å²) in [7, 11) is 1.59. The number of para-hydroxylation sites is 1. The second kappa shape index (κ2) is 9.46. The molecular weight excluding hydrogens is 354 g/mol. The summed E-state index contributed by atoms with van der Waals surface area (Å²) in [5.41, 5.74) is 2.00. The Labute approximate surface area is 164 Å². The molecule has 0 atom stereocenters. The van der Waals surface area contributed by atoms with Gasteiger partial charge in [0, 0.05) is 22.9 Å². The van der Waals surface area contributed by atoms with Crippen molar-refractivity contribution in [1.29, 1.82) is 0 Å². The van der Waals surface area contributed by atoms with Crippen LogP contribution in [0.1, 0.15) is 22.8 Å². The first-order valence-corrected chi connectivity index (χ1v) is 9.08. The van der Waals surface area contributed by atoms with Gasteiger partial charge in [0.2, 0.25) is 0 Å². The van der Waals surface area contributed by atoms with E-state index in [0.29, 0.717) is 36.0 Å². The molecule has 1 N–H and O–H groups in total. The molecule has 0 radical (unpaired) electrons. The van der Waals surface area contributed by atoms with Gasteiger partial charge in [-0.25, -0.2) is 0 Å². The van der Waals surface area contributed by atoms with E-state index in [1.165, 1.54) is 0 Å². The lowest BCUT2D eigenvalue weighted by molar-refractivity contribution is 0.102. The molecule has 144 valence electrons. The van der Waals surface area contributed by atoms with Gasteiger partial charge in [0.15, 0.2) is 0 Å². The SMILES string of the molecule is CCOc1ccc(C(=O)Nc2cccc(OC)c2)cc1COc1ccccc1. The first kappa shape index (κ1) is 19.3. The molecule has 3 rings (SSSR count). The molecule has 3 aromatic rings. The van der Waals surface area contributed by atoms with Gasteiger partial charge in [-0.3, -0.25) is 4.79 Å². The zero-order valence-electron chi connectivity index (χ0n) is 16.0. The first-order valence-electron chi connectivity index (χ1n) is 9.08. The molecule has 5 nitrogen and oxygen atoms in total. The number of ether oxygens (including phenoxy) is 3. The maximum absolute atomic E-state index is 12.7. The van der Waals surface area contributed by atoms with Crippen LogP contribution >= 0.6 is 0 Å². The van der Waals surface area contributed by atoms with Crippen LogP contribution in [0.15, 0.2) is 72.8 Å². The van der Waals surface area contributed by atoms with Crippen LogP contribution in [0.3, 0.4) is 0 Å². The molecule has 1 amide bonds. The van der Waals surface area contributed by atoms with Crippen LogP contribution in [0.2, 0.25) is 0 Å². The summed E-state index contributed by atoms with van der Waals surface area (Å²) in [5.74, 6) is 1.94. The van der Waals surface area contributed by atoms with Crippen LogP contribution < -0.4 is 19.5 Å². The number of methoxy groups -OCH3 is 1. The van der Waals surface area contributed by atoms with E-state index in [-0.39, 0.29) is 5.91 Å². The van der Waals surface area contributed by atoms with E-state index in [1.807, 2.05) is 55.5 Å². The molecule has 0 unspecified atom stereocenters. The summed E-state index contributed by atoms with van der Waals surface area (Å²) < 4.78 is 16.7. The highest BCUT2D eigenvalue weighted by atomic mass is 16.5. The summed E-state index contributed by atoms with van der Waals surface area (Å²) >= 11 is 0. The average molecular weight is 377 g/mol. The number of hydrogen-bond acceptors (Lipinski definition) is 4. The van der Waals surface area contributed by atoms with Crippen molar-refractivity contribution in [3.63, 3.8) is 0 Å². The number of amides is 1. The third kappa shape index (κ3) is 5.04. The minimum Gasteiger partial charge on any atom is -0.497 e. The Morgan fingerprint density at radius 1 is 0.893 bits per heavy atom. The molecule has 3 aromatic carbocycles. The second-order valence-corrected chi connectivity index (χ2v) is 6.04. The largest absolute Gasteiger partial charge is 0.497 e. The van der Waals surface area contributed by atoms with Crippen LogP contribution in [-0.4, -0.2) is 19.6 Å². The number of carbonyl (C=O) groups is 1. The normalized spacial score (nSPS) is 10.2. The van der Waals surface area contributed by atoms with Gasteiger partial charge in [0.05, 0.1) is 13.7 Å². The minimum absolute atomic E-state index is 0.211. The quantitative estimate of drug-likeness (QED) is 0.605. The van der Waals surface area contributed by atoms with Crippen LogP contribution in [-0.2, 0) is 6.61 Å². The Morgan fingerprint density at radius 3 is 2.43 bits per heavy atom. The van der Waals surface area contributed by atoms with E-state index in [0.717, 1.165) is 11.3 Å². The molecule has 0 aliphatic rings. The molecule has 5 heteroatoms. The van der Waals surface area contributed by atoms with Gasteiger partial charge in [-0.05, 0) is 49.4 Å². The predicted octanol–water partition coefficient (Wildman–Crippen LogP) is 4.93. The zero-order valence-corrected chi connectivity index (χ0v) is 16.0. The van der Waals surface area contributed by atoms with Crippen molar-refractivity contribution < 1.29 is 19.0 Å². The standard InChI is InChI=1S/C23H23NO4/c1-3-27-22-13-12-17(14-18(22)16-28-20-9-5-4-6-10-20)23(25)24-19-8-7-11-21(15-19)26-2/h4-15H,3,16H2,1-2H3,(H,24,25). The second-order valence-electron chi connectivity index (χ2n) is 6.04. The van der Waals surface area contributed by atoms with Gasteiger partial charge in [-0.2, -0.15) is 0 Å². The highest BCUT2D eigenvalue weighted by Crippen LogP contribution is 2.24. The van der Waals surface area contributed by atoms with E-state index in [2.05, 4.69) is 5.32 Å². The number of carbonyl (C=O) groups excluding carboxylic acids is 1. The summed E-state index contributed by atoms with van der Waals surface area (Å²) in [4.78, 5) is 12.7. The molecular formula is C23H23NO4. The maximum atomic E-state index is 12.7. The Morgan fingerprint density at radius 2 is 1.68 bits per heavy atom. The Kier molecular flexibility index (Phi) is 6.52. The molecule has 0 saturated heterocycles. The van der Waals surface area contributed by atoms with Gasteiger partial charge in [0.25, 0.3) is 5.91 Å². The zero-order chi connectivity index (χ0) is 19.8. The number of hydrogen-bond donors (Lipinski definition) is 1. The smallest absolute Gasteiger partial charge is 0.255 e. The number of benzene rings is 3. The van der Waals surface area contributed by atoms with Crippen molar-refractivity contribution in [3.05, 3.63) is 83.9 Å². The third-order valence-corrected chi connectivity index (χ3v) is 4.09. The van der Waals surface area contributed by atoms with Crippen LogP contribution in [0.25, 0.3) is 0 Å².